The normalized spacial score (nSPS) is 10.3. The van der Waals surface area contributed by atoms with Crippen LogP contribution in [0.1, 0.15) is 16.8 Å². The summed E-state index contributed by atoms with van der Waals surface area (Å²) in [4.78, 5) is 4.28. The van der Waals surface area contributed by atoms with E-state index in [1.54, 1.807) is 6.07 Å². The summed E-state index contributed by atoms with van der Waals surface area (Å²) in [5.74, 6) is 1.30. The molecule has 3 nitrogen and oxygen atoms in total. The Balaban J connectivity index is 2.30. The lowest BCUT2D eigenvalue weighted by Gasteiger charge is -2.09. The average molecular weight is 229 g/mol. The molecule has 0 aliphatic rings. The molecule has 0 radical (unpaired) electrons. The van der Waals surface area contributed by atoms with Gasteiger partial charge in [-0.15, -0.1) is 0 Å². The van der Waals surface area contributed by atoms with Gasteiger partial charge in [0.2, 0.25) is 5.88 Å². The first-order chi connectivity index (χ1) is 8.19. The van der Waals surface area contributed by atoms with Crippen molar-refractivity contribution in [2.45, 2.75) is 20.5 Å². The van der Waals surface area contributed by atoms with Gasteiger partial charge < -0.3 is 9.84 Å². The average Bonchev–Trinajstić information content (AvgIpc) is 2.31. The molecule has 0 bridgehead atoms. The quantitative estimate of drug-likeness (QED) is 0.879. The molecule has 0 saturated carbocycles. The van der Waals surface area contributed by atoms with Crippen LogP contribution in [0.2, 0.25) is 0 Å². The number of benzene rings is 1. The SMILES string of the molecule is Cc1cc(CO)cc(Oc2ccccc2C)n1. The maximum absolute atomic E-state index is 9.12. The highest BCUT2D eigenvalue weighted by Crippen LogP contribution is 2.24. The highest BCUT2D eigenvalue weighted by Gasteiger charge is 2.04. The lowest BCUT2D eigenvalue weighted by molar-refractivity contribution is 0.281. The standard InChI is InChI=1S/C14H15NO2/c1-10-5-3-4-6-13(10)17-14-8-12(9-16)7-11(2)15-14/h3-8,16H,9H2,1-2H3. The number of ether oxygens (including phenoxy) is 1. The molecular weight excluding hydrogens is 214 g/mol. The number of aromatic nitrogens is 1. The maximum Gasteiger partial charge on any atom is 0.219 e. The molecule has 0 saturated heterocycles. The van der Waals surface area contributed by atoms with E-state index in [1.807, 2.05) is 44.2 Å². The molecule has 0 spiro atoms. The van der Waals surface area contributed by atoms with Crippen molar-refractivity contribution in [1.82, 2.24) is 4.98 Å². The first-order valence-corrected chi connectivity index (χ1v) is 5.51. The molecule has 0 aliphatic carbocycles. The van der Waals surface area contributed by atoms with Gasteiger partial charge in [-0.05, 0) is 37.1 Å². The van der Waals surface area contributed by atoms with E-state index < -0.39 is 0 Å². The van der Waals surface area contributed by atoms with E-state index in [9.17, 15) is 0 Å². The second-order valence-corrected chi connectivity index (χ2v) is 3.98. The first kappa shape index (κ1) is 11.6. The summed E-state index contributed by atoms with van der Waals surface area (Å²) in [6.45, 7) is 3.86. The van der Waals surface area contributed by atoms with Crippen LogP contribution in [0, 0.1) is 13.8 Å². The zero-order chi connectivity index (χ0) is 12.3. The predicted molar refractivity (Wildman–Crippen MR) is 66.1 cm³/mol. The topological polar surface area (TPSA) is 42.4 Å². The van der Waals surface area contributed by atoms with Crippen molar-refractivity contribution in [2.24, 2.45) is 0 Å². The van der Waals surface area contributed by atoms with Gasteiger partial charge in [-0.25, -0.2) is 4.98 Å². The van der Waals surface area contributed by atoms with Crippen LogP contribution in [-0.4, -0.2) is 10.1 Å². The summed E-state index contributed by atoms with van der Waals surface area (Å²) >= 11 is 0. The highest BCUT2D eigenvalue weighted by atomic mass is 16.5. The Hall–Kier alpha value is -1.87. The maximum atomic E-state index is 9.12. The second-order valence-electron chi connectivity index (χ2n) is 3.98. The largest absolute Gasteiger partial charge is 0.439 e. The fraction of sp³-hybridized carbons (Fsp3) is 0.214. The van der Waals surface area contributed by atoms with Crippen molar-refractivity contribution in [1.29, 1.82) is 0 Å². The van der Waals surface area contributed by atoms with Gasteiger partial charge in [0.1, 0.15) is 5.75 Å². The van der Waals surface area contributed by atoms with Crippen molar-refractivity contribution in [3.63, 3.8) is 0 Å². The van der Waals surface area contributed by atoms with Gasteiger partial charge >= 0.3 is 0 Å². The summed E-state index contributed by atoms with van der Waals surface area (Å²) in [6, 6.07) is 11.4. The van der Waals surface area contributed by atoms with E-state index in [0.29, 0.717) is 5.88 Å². The van der Waals surface area contributed by atoms with E-state index in [4.69, 9.17) is 9.84 Å². The van der Waals surface area contributed by atoms with Crippen LogP contribution < -0.4 is 4.74 Å². The van der Waals surface area contributed by atoms with Gasteiger partial charge in [0.05, 0.1) is 6.61 Å². The lowest BCUT2D eigenvalue weighted by atomic mass is 10.2. The summed E-state index contributed by atoms with van der Waals surface area (Å²) < 4.78 is 5.71. The number of hydrogen-bond acceptors (Lipinski definition) is 3. The minimum atomic E-state index is -0.00646. The second kappa shape index (κ2) is 4.97. The predicted octanol–water partition coefficient (Wildman–Crippen LogP) is 2.98. The van der Waals surface area contributed by atoms with Crippen molar-refractivity contribution >= 4 is 0 Å². The van der Waals surface area contributed by atoms with Crippen LogP contribution in [0.4, 0.5) is 0 Å². The van der Waals surface area contributed by atoms with Crippen molar-refractivity contribution in [3.8, 4) is 11.6 Å². The summed E-state index contributed by atoms with van der Waals surface area (Å²) in [7, 11) is 0. The Labute approximate surface area is 101 Å². The monoisotopic (exact) mass is 229 g/mol. The number of hydrogen-bond donors (Lipinski definition) is 1. The number of rotatable bonds is 3. The van der Waals surface area contributed by atoms with Crippen LogP contribution in [0.15, 0.2) is 36.4 Å². The Morgan fingerprint density at radius 1 is 1.18 bits per heavy atom. The van der Waals surface area contributed by atoms with Crippen molar-refractivity contribution < 1.29 is 9.84 Å². The molecule has 2 aromatic rings. The van der Waals surface area contributed by atoms with Crippen molar-refractivity contribution in [2.75, 3.05) is 0 Å². The van der Waals surface area contributed by atoms with E-state index >= 15 is 0 Å². The fourth-order valence-corrected chi connectivity index (χ4v) is 1.63. The molecule has 88 valence electrons. The van der Waals surface area contributed by atoms with Gasteiger partial charge in [0.15, 0.2) is 0 Å². The molecule has 1 aromatic heterocycles. The van der Waals surface area contributed by atoms with Gasteiger partial charge in [-0.1, -0.05) is 18.2 Å². The number of aliphatic hydroxyl groups is 1. The van der Waals surface area contributed by atoms with E-state index in [0.717, 1.165) is 22.6 Å². The first-order valence-electron chi connectivity index (χ1n) is 5.51. The van der Waals surface area contributed by atoms with Gasteiger partial charge in [-0.2, -0.15) is 0 Å². The third kappa shape index (κ3) is 2.82. The Bertz CT molecular complexity index is 523. The molecule has 17 heavy (non-hydrogen) atoms. The number of para-hydroxylation sites is 1. The molecule has 1 N–H and O–H groups in total. The Morgan fingerprint density at radius 2 is 1.94 bits per heavy atom. The Morgan fingerprint density at radius 3 is 2.65 bits per heavy atom. The smallest absolute Gasteiger partial charge is 0.219 e. The third-order valence-corrected chi connectivity index (χ3v) is 2.48. The molecule has 3 heteroatoms. The number of aryl methyl sites for hydroxylation is 2. The van der Waals surface area contributed by atoms with E-state index in [-0.39, 0.29) is 6.61 Å². The number of pyridine rings is 1. The minimum Gasteiger partial charge on any atom is -0.439 e. The van der Waals surface area contributed by atoms with Crippen LogP contribution in [0.25, 0.3) is 0 Å². The summed E-state index contributed by atoms with van der Waals surface area (Å²) in [6.07, 6.45) is 0. The lowest BCUT2D eigenvalue weighted by Crippen LogP contribution is -1.94. The fourth-order valence-electron chi connectivity index (χ4n) is 1.63. The van der Waals surface area contributed by atoms with E-state index in [2.05, 4.69) is 4.98 Å². The van der Waals surface area contributed by atoms with Gasteiger partial charge in [0, 0.05) is 11.8 Å². The minimum absolute atomic E-state index is 0.00646. The number of nitrogens with zero attached hydrogens (tertiary/aromatic N) is 1. The zero-order valence-electron chi connectivity index (χ0n) is 9.97. The number of aliphatic hydroxyl groups excluding tert-OH is 1. The molecule has 0 amide bonds. The molecule has 0 atom stereocenters. The molecular formula is C14H15NO2. The van der Waals surface area contributed by atoms with Crippen molar-refractivity contribution in [3.05, 3.63) is 53.2 Å². The summed E-state index contributed by atoms with van der Waals surface area (Å²) in [5.41, 5.74) is 2.70. The molecule has 0 unspecified atom stereocenters. The van der Waals surface area contributed by atoms with Crippen LogP contribution in [0.5, 0.6) is 11.6 Å². The van der Waals surface area contributed by atoms with E-state index in [1.165, 1.54) is 0 Å². The third-order valence-electron chi connectivity index (χ3n) is 2.48. The molecule has 1 heterocycles. The van der Waals surface area contributed by atoms with Crippen LogP contribution in [-0.2, 0) is 6.61 Å². The molecule has 0 aliphatic heterocycles. The summed E-state index contributed by atoms with van der Waals surface area (Å²) in [5, 5.41) is 9.12. The van der Waals surface area contributed by atoms with Crippen LogP contribution >= 0.6 is 0 Å². The Kier molecular flexibility index (Phi) is 3.40. The zero-order valence-corrected chi connectivity index (χ0v) is 9.97. The molecule has 1 aromatic carbocycles. The van der Waals surface area contributed by atoms with Crippen LogP contribution in [0.3, 0.4) is 0 Å². The molecule has 0 fully saturated rings. The highest BCUT2D eigenvalue weighted by molar-refractivity contribution is 5.36. The van der Waals surface area contributed by atoms with Gasteiger partial charge in [0.25, 0.3) is 0 Å². The van der Waals surface area contributed by atoms with Gasteiger partial charge in [-0.3, -0.25) is 0 Å². The molecule has 2 rings (SSSR count).